The van der Waals surface area contributed by atoms with Gasteiger partial charge in [0.15, 0.2) is 0 Å². The van der Waals surface area contributed by atoms with Gasteiger partial charge >= 0.3 is 5.97 Å². The molecule has 0 aromatic heterocycles. The van der Waals surface area contributed by atoms with Gasteiger partial charge in [-0.15, -0.1) is 11.8 Å². The van der Waals surface area contributed by atoms with Gasteiger partial charge in [0.2, 0.25) is 10.0 Å². The number of rotatable bonds is 10. The third-order valence-electron chi connectivity index (χ3n) is 5.57. The molecule has 0 radical (unpaired) electrons. The monoisotopic (exact) mass is 519 g/mol. The second kappa shape index (κ2) is 11.4. The Kier molecular flexibility index (Phi) is 8.10. The summed E-state index contributed by atoms with van der Waals surface area (Å²) in [5.74, 6) is -0.533. The normalized spacial score (nSPS) is 13.0. The fourth-order valence-electron chi connectivity index (χ4n) is 3.70. The molecule has 0 aliphatic carbocycles. The molecule has 4 aromatic carbocycles. The number of benzene rings is 4. The fourth-order valence-corrected chi connectivity index (χ4v) is 6.21. The van der Waals surface area contributed by atoms with E-state index in [1.165, 1.54) is 23.9 Å². The number of sulfonamides is 1. The van der Waals surface area contributed by atoms with Crippen molar-refractivity contribution >= 4 is 27.8 Å². The third kappa shape index (κ3) is 6.15. The first-order valence-electron chi connectivity index (χ1n) is 11.1. The minimum Gasteiger partial charge on any atom is -0.497 e. The highest BCUT2D eigenvalue weighted by atomic mass is 32.2. The van der Waals surface area contributed by atoms with Crippen LogP contribution in [0.5, 0.6) is 5.75 Å². The molecule has 0 saturated heterocycles. The lowest BCUT2D eigenvalue weighted by molar-refractivity contribution is -0.139. The number of ether oxygens (including phenoxy) is 1. The van der Waals surface area contributed by atoms with Gasteiger partial charge < -0.3 is 9.84 Å². The Hall–Kier alpha value is -3.59. The lowest BCUT2D eigenvalue weighted by Gasteiger charge is -2.25. The van der Waals surface area contributed by atoms with Crippen molar-refractivity contribution in [1.82, 2.24) is 4.72 Å². The molecule has 4 rings (SSSR count). The highest BCUT2D eigenvalue weighted by Crippen LogP contribution is 2.38. The maximum Gasteiger partial charge on any atom is 0.323 e. The number of carbonyl (C=O) groups is 1. The van der Waals surface area contributed by atoms with Gasteiger partial charge in [0.05, 0.1) is 17.3 Å². The van der Waals surface area contributed by atoms with Crippen LogP contribution >= 0.6 is 11.8 Å². The van der Waals surface area contributed by atoms with E-state index in [-0.39, 0.29) is 4.90 Å². The van der Waals surface area contributed by atoms with Crippen molar-refractivity contribution in [2.75, 3.05) is 7.11 Å². The summed E-state index contributed by atoms with van der Waals surface area (Å²) in [7, 11) is -2.53. The summed E-state index contributed by atoms with van der Waals surface area (Å²) in [6, 6.07) is 30.7. The first kappa shape index (κ1) is 25.5. The van der Waals surface area contributed by atoms with Gasteiger partial charge in [-0.3, -0.25) is 4.79 Å². The molecule has 36 heavy (non-hydrogen) atoms. The molecule has 0 bridgehead atoms. The first-order valence-corrected chi connectivity index (χ1v) is 13.5. The number of carboxylic acids is 1. The van der Waals surface area contributed by atoms with Gasteiger partial charge in [0, 0.05) is 4.90 Å². The lowest BCUT2D eigenvalue weighted by atomic mass is 10.1. The van der Waals surface area contributed by atoms with Crippen LogP contribution in [0, 0.1) is 0 Å². The Morgan fingerprint density at radius 1 is 0.806 bits per heavy atom. The van der Waals surface area contributed by atoms with E-state index >= 15 is 0 Å². The lowest BCUT2D eigenvalue weighted by Crippen LogP contribution is -2.44. The van der Waals surface area contributed by atoms with Gasteiger partial charge in [-0.25, -0.2) is 8.42 Å². The maximum atomic E-state index is 13.3. The van der Waals surface area contributed by atoms with Crippen LogP contribution in [-0.2, 0) is 14.8 Å². The molecule has 0 unspecified atom stereocenters. The van der Waals surface area contributed by atoms with Gasteiger partial charge in [-0.2, -0.15) is 4.72 Å². The van der Waals surface area contributed by atoms with Gasteiger partial charge in [-0.05, 0) is 53.1 Å². The number of aliphatic carboxylic acids is 1. The maximum absolute atomic E-state index is 13.3. The molecule has 0 heterocycles. The van der Waals surface area contributed by atoms with E-state index in [1.807, 2.05) is 60.7 Å². The summed E-state index contributed by atoms with van der Waals surface area (Å²) in [5, 5.41) is 9.38. The number of thioether (sulfide) groups is 1. The molecule has 0 fully saturated rings. The number of hydrogen-bond donors (Lipinski definition) is 2. The van der Waals surface area contributed by atoms with Gasteiger partial charge in [0.1, 0.15) is 11.8 Å². The van der Waals surface area contributed by atoms with Crippen LogP contribution in [0.2, 0.25) is 0 Å². The summed E-state index contributed by atoms with van der Waals surface area (Å²) in [4.78, 5) is 13.2. The Balaban J connectivity index is 1.61. The standard InChI is InChI=1S/C28H25NO5S2/c1-34-23-16-12-20(13-17-23)21-14-18-25(19-15-21)36(32,33)29-26(28(30)31)27(22-8-4-2-5-9-22)35-24-10-6-3-7-11-24/h2-19,26-27,29H,1H3,(H,30,31)/t26-,27-/m0/s1. The molecule has 184 valence electrons. The van der Waals surface area contributed by atoms with Crippen molar-refractivity contribution < 1.29 is 23.1 Å². The van der Waals surface area contributed by atoms with E-state index in [9.17, 15) is 18.3 Å². The number of methoxy groups -OCH3 is 1. The zero-order chi connectivity index (χ0) is 25.5. The Morgan fingerprint density at radius 2 is 1.33 bits per heavy atom. The topological polar surface area (TPSA) is 92.7 Å². The second-order valence-corrected chi connectivity index (χ2v) is 10.9. The minimum atomic E-state index is -4.12. The smallest absolute Gasteiger partial charge is 0.323 e. The van der Waals surface area contributed by atoms with Crippen LogP contribution in [0.1, 0.15) is 10.8 Å². The molecule has 0 aliphatic heterocycles. The van der Waals surface area contributed by atoms with Crippen molar-refractivity contribution in [2.45, 2.75) is 21.1 Å². The van der Waals surface area contributed by atoms with Crippen LogP contribution in [0.15, 0.2) is 119 Å². The van der Waals surface area contributed by atoms with Gasteiger partial charge in [0.25, 0.3) is 0 Å². The molecular formula is C28H25NO5S2. The number of nitrogens with one attached hydrogen (secondary N) is 1. The van der Waals surface area contributed by atoms with Crippen LogP contribution in [0.4, 0.5) is 0 Å². The van der Waals surface area contributed by atoms with Crippen LogP contribution < -0.4 is 9.46 Å². The molecule has 0 spiro atoms. The molecule has 0 aliphatic rings. The van der Waals surface area contributed by atoms with Crippen molar-refractivity contribution in [3.63, 3.8) is 0 Å². The summed E-state index contributed by atoms with van der Waals surface area (Å²) in [6.45, 7) is 0. The van der Waals surface area contributed by atoms with Crippen LogP contribution in [0.3, 0.4) is 0 Å². The van der Waals surface area contributed by atoms with E-state index in [4.69, 9.17) is 4.74 Å². The van der Waals surface area contributed by atoms with E-state index < -0.39 is 27.3 Å². The highest BCUT2D eigenvalue weighted by Gasteiger charge is 2.34. The average Bonchev–Trinajstić information content (AvgIpc) is 2.92. The molecular weight excluding hydrogens is 494 g/mol. The second-order valence-electron chi connectivity index (χ2n) is 7.95. The predicted octanol–water partition coefficient (Wildman–Crippen LogP) is 5.63. The van der Waals surface area contributed by atoms with Crippen molar-refractivity contribution in [1.29, 1.82) is 0 Å². The van der Waals surface area contributed by atoms with E-state index in [0.717, 1.165) is 21.8 Å². The molecule has 2 N–H and O–H groups in total. The Labute approximate surface area is 215 Å². The average molecular weight is 520 g/mol. The number of carboxylic acid groups (broad SMARTS) is 1. The van der Waals surface area contributed by atoms with Crippen molar-refractivity contribution in [3.8, 4) is 16.9 Å². The summed E-state index contributed by atoms with van der Waals surface area (Å²) in [6.07, 6.45) is 0. The van der Waals surface area contributed by atoms with Crippen molar-refractivity contribution in [3.05, 3.63) is 115 Å². The van der Waals surface area contributed by atoms with Crippen LogP contribution in [-0.4, -0.2) is 32.6 Å². The molecule has 0 amide bonds. The first-order chi connectivity index (χ1) is 17.4. The number of hydrogen-bond acceptors (Lipinski definition) is 5. The van der Waals surface area contributed by atoms with Crippen LogP contribution in [0.25, 0.3) is 11.1 Å². The molecule has 2 atom stereocenters. The summed E-state index contributed by atoms with van der Waals surface area (Å²) < 4.78 is 34.1. The van der Waals surface area contributed by atoms with E-state index in [2.05, 4.69) is 4.72 Å². The SMILES string of the molecule is COc1ccc(-c2ccc(S(=O)(=O)N[C@H](C(=O)O)[C@@H](Sc3ccccc3)c3ccccc3)cc2)cc1. The van der Waals surface area contributed by atoms with E-state index in [1.54, 1.807) is 43.5 Å². The largest absolute Gasteiger partial charge is 0.497 e. The molecule has 4 aromatic rings. The minimum absolute atomic E-state index is 0.0115. The molecule has 0 saturated carbocycles. The quantitative estimate of drug-likeness (QED) is 0.264. The molecule has 6 nitrogen and oxygen atoms in total. The zero-order valence-electron chi connectivity index (χ0n) is 19.4. The predicted molar refractivity (Wildman–Crippen MR) is 142 cm³/mol. The Morgan fingerprint density at radius 3 is 1.86 bits per heavy atom. The van der Waals surface area contributed by atoms with Crippen molar-refractivity contribution in [2.24, 2.45) is 0 Å². The van der Waals surface area contributed by atoms with Gasteiger partial charge in [-0.1, -0.05) is 72.8 Å². The highest BCUT2D eigenvalue weighted by molar-refractivity contribution is 7.99. The molecule has 8 heteroatoms. The Bertz CT molecular complexity index is 1390. The zero-order valence-corrected chi connectivity index (χ0v) is 21.1. The summed E-state index contributed by atoms with van der Waals surface area (Å²) in [5.41, 5.74) is 2.43. The summed E-state index contributed by atoms with van der Waals surface area (Å²) >= 11 is 1.30. The van der Waals surface area contributed by atoms with E-state index in [0.29, 0.717) is 5.56 Å². The third-order valence-corrected chi connectivity index (χ3v) is 8.37. The fraction of sp³-hybridized carbons (Fsp3) is 0.107.